The Balaban J connectivity index is 0.00000169. The molecule has 0 bridgehead atoms. The standard InChI is InChI=1S/C8H12N2O3.H3N/c1-3-8(4-2)5(11)9-7(13)10-6(8)12;/h3-4H2,1-2H3,(H2,9,10,11,12,13);1H3. The summed E-state index contributed by atoms with van der Waals surface area (Å²) in [4.78, 5) is 33.6. The van der Waals surface area contributed by atoms with Crippen molar-refractivity contribution in [3.05, 3.63) is 0 Å². The number of imide groups is 2. The highest BCUT2D eigenvalue weighted by Crippen LogP contribution is 2.28. The molecule has 4 amide bonds. The predicted molar refractivity (Wildman–Crippen MR) is 49.7 cm³/mol. The lowest BCUT2D eigenvalue weighted by atomic mass is 9.79. The van der Waals surface area contributed by atoms with Gasteiger partial charge in [-0.2, -0.15) is 0 Å². The van der Waals surface area contributed by atoms with Gasteiger partial charge in [0.15, 0.2) is 0 Å². The lowest BCUT2D eigenvalue weighted by molar-refractivity contribution is -0.144. The molecule has 5 N–H and O–H groups in total. The molecule has 0 aliphatic carbocycles. The van der Waals surface area contributed by atoms with Gasteiger partial charge in [-0.1, -0.05) is 13.8 Å². The minimum Gasteiger partial charge on any atom is -0.344 e. The topological polar surface area (TPSA) is 110 Å². The minimum atomic E-state index is -1.06. The molecule has 6 nitrogen and oxygen atoms in total. The van der Waals surface area contributed by atoms with Crippen LogP contribution in [0.2, 0.25) is 0 Å². The summed E-state index contributed by atoms with van der Waals surface area (Å²) >= 11 is 0. The van der Waals surface area contributed by atoms with E-state index in [1.807, 2.05) is 0 Å². The molecule has 1 aliphatic heterocycles. The molecule has 1 heterocycles. The molecule has 6 heteroatoms. The first-order valence-electron chi connectivity index (χ1n) is 4.23. The molecule has 80 valence electrons. The van der Waals surface area contributed by atoms with Crippen LogP contribution in [0.5, 0.6) is 0 Å². The van der Waals surface area contributed by atoms with Gasteiger partial charge in [-0.25, -0.2) is 4.79 Å². The largest absolute Gasteiger partial charge is 0.344 e. The van der Waals surface area contributed by atoms with Gasteiger partial charge in [0.05, 0.1) is 0 Å². The number of amides is 4. The van der Waals surface area contributed by atoms with Gasteiger partial charge in [0.1, 0.15) is 5.41 Å². The molecule has 1 fully saturated rings. The maximum atomic E-state index is 11.4. The van der Waals surface area contributed by atoms with Crippen LogP contribution in [0.3, 0.4) is 0 Å². The van der Waals surface area contributed by atoms with Gasteiger partial charge in [0, 0.05) is 0 Å². The summed E-state index contributed by atoms with van der Waals surface area (Å²) in [6.07, 6.45) is 0.795. The van der Waals surface area contributed by atoms with Gasteiger partial charge < -0.3 is 6.15 Å². The van der Waals surface area contributed by atoms with E-state index in [0.717, 1.165) is 0 Å². The lowest BCUT2D eigenvalue weighted by Crippen LogP contribution is -2.61. The maximum Gasteiger partial charge on any atom is 0.328 e. The highest BCUT2D eigenvalue weighted by molar-refractivity contribution is 6.19. The van der Waals surface area contributed by atoms with Crippen molar-refractivity contribution in [2.75, 3.05) is 0 Å². The SMILES string of the molecule is CCC1(CC)C(=O)NC(=O)NC1=O.N. The minimum absolute atomic E-state index is 0. The van der Waals surface area contributed by atoms with E-state index in [1.54, 1.807) is 13.8 Å². The Labute approximate surface area is 82.0 Å². The van der Waals surface area contributed by atoms with E-state index in [9.17, 15) is 14.4 Å². The Kier molecular flexibility index (Phi) is 3.76. The Morgan fingerprint density at radius 1 is 1.00 bits per heavy atom. The molecular weight excluding hydrogens is 186 g/mol. The predicted octanol–water partition coefficient (Wildman–Crippen LogP) is 0.321. The quantitative estimate of drug-likeness (QED) is 0.558. The van der Waals surface area contributed by atoms with Gasteiger partial charge in [-0.15, -0.1) is 0 Å². The van der Waals surface area contributed by atoms with Gasteiger partial charge in [-0.3, -0.25) is 20.2 Å². The second-order valence-corrected chi connectivity index (χ2v) is 3.03. The van der Waals surface area contributed by atoms with E-state index in [4.69, 9.17) is 0 Å². The van der Waals surface area contributed by atoms with Crippen molar-refractivity contribution < 1.29 is 14.4 Å². The van der Waals surface area contributed by atoms with E-state index in [2.05, 4.69) is 10.6 Å². The van der Waals surface area contributed by atoms with Crippen LogP contribution in [0.1, 0.15) is 26.7 Å². The van der Waals surface area contributed by atoms with E-state index in [-0.39, 0.29) is 6.15 Å². The zero-order valence-electron chi connectivity index (χ0n) is 8.35. The highest BCUT2D eigenvalue weighted by Gasteiger charge is 2.47. The number of hydrogen-bond donors (Lipinski definition) is 3. The van der Waals surface area contributed by atoms with E-state index < -0.39 is 23.3 Å². The molecule has 0 unspecified atom stereocenters. The fourth-order valence-corrected chi connectivity index (χ4v) is 1.47. The monoisotopic (exact) mass is 201 g/mol. The van der Waals surface area contributed by atoms with Crippen molar-refractivity contribution in [2.45, 2.75) is 26.7 Å². The van der Waals surface area contributed by atoms with Crippen LogP contribution in [0.25, 0.3) is 0 Å². The van der Waals surface area contributed by atoms with Crippen molar-refractivity contribution >= 4 is 17.8 Å². The number of rotatable bonds is 2. The first-order valence-corrected chi connectivity index (χ1v) is 4.23. The van der Waals surface area contributed by atoms with Crippen LogP contribution >= 0.6 is 0 Å². The molecule has 0 aromatic heterocycles. The molecule has 0 radical (unpaired) electrons. The molecule has 0 aromatic carbocycles. The average molecular weight is 201 g/mol. The van der Waals surface area contributed by atoms with Crippen LogP contribution in [-0.2, 0) is 9.59 Å². The molecule has 1 rings (SSSR count). The Morgan fingerprint density at radius 2 is 1.36 bits per heavy atom. The van der Waals surface area contributed by atoms with E-state index in [1.165, 1.54) is 0 Å². The van der Waals surface area contributed by atoms with Crippen molar-refractivity contribution in [1.29, 1.82) is 0 Å². The van der Waals surface area contributed by atoms with Crippen LogP contribution in [0.15, 0.2) is 0 Å². The number of hydrogen-bond acceptors (Lipinski definition) is 4. The summed E-state index contributed by atoms with van der Waals surface area (Å²) in [5, 5.41) is 4.19. The number of urea groups is 1. The van der Waals surface area contributed by atoms with Crippen LogP contribution in [0, 0.1) is 5.41 Å². The third kappa shape index (κ3) is 1.60. The molecule has 0 spiro atoms. The molecule has 1 saturated heterocycles. The lowest BCUT2D eigenvalue weighted by Gasteiger charge is -2.31. The van der Waals surface area contributed by atoms with Gasteiger partial charge in [0.2, 0.25) is 11.8 Å². The molecule has 1 aliphatic rings. The second-order valence-electron chi connectivity index (χ2n) is 3.03. The summed E-state index contributed by atoms with van der Waals surface area (Å²) in [6, 6.07) is -0.729. The normalized spacial score (nSPS) is 19.4. The third-order valence-electron chi connectivity index (χ3n) is 2.53. The summed E-state index contributed by atoms with van der Waals surface area (Å²) in [6.45, 7) is 3.50. The number of nitrogens with one attached hydrogen (secondary N) is 2. The zero-order valence-corrected chi connectivity index (χ0v) is 8.35. The summed E-state index contributed by atoms with van der Waals surface area (Å²) in [7, 11) is 0. The van der Waals surface area contributed by atoms with Crippen LogP contribution < -0.4 is 16.8 Å². The number of barbiturate groups is 1. The molecular formula is C8H15N3O3. The van der Waals surface area contributed by atoms with Crippen molar-refractivity contribution in [1.82, 2.24) is 16.8 Å². The van der Waals surface area contributed by atoms with Crippen molar-refractivity contribution in [2.24, 2.45) is 5.41 Å². The zero-order chi connectivity index (χ0) is 10.1. The van der Waals surface area contributed by atoms with E-state index >= 15 is 0 Å². The fourth-order valence-electron chi connectivity index (χ4n) is 1.47. The third-order valence-corrected chi connectivity index (χ3v) is 2.53. The number of carbonyl (C=O) groups is 3. The highest BCUT2D eigenvalue weighted by atomic mass is 16.2. The van der Waals surface area contributed by atoms with Gasteiger partial charge in [0.25, 0.3) is 0 Å². The van der Waals surface area contributed by atoms with Crippen molar-refractivity contribution in [3.63, 3.8) is 0 Å². The van der Waals surface area contributed by atoms with E-state index in [0.29, 0.717) is 12.8 Å². The number of carbonyl (C=O) groups excluding carboxylic acids is 3. The Morgan fingerprint density at radius 3 is 1.64 bits per heavy atom. The molecule has 0 saturated carbocycles. The summed E-state index contributed by atoms with van der Waals surface area (Å²) in [5.41, 5.74) is -1.06. The van der Waals surface area contributed by atoms with Crippen molar-refractivity contribution in [3.8, 4) is 0 Å². The molecule has 0 atom stereocenters. The smallest absolute Gasteiger partial charge is 0.328 e. The van der Waals surface area contributed by atoms with Crippen LogP contribution in [0.4, 0.5) is 4.79 Å². The summed E-state index contributed by atoms with van der Waals surface area (Å²) < 4.78 is 0. The first kappa shape index (κ1) is 12.6. The maximum absolute atomic E-state index is 11.4. The molecule has 0 aromatic rings. The van der Waals surface area contributed by atoms with Gasteiger partial charge in [-0.05, 0) is 12.8 Å². The second kappa shape index (κ2) is 4.19. The first-order chi connectivity index (χ1) is 6.06. The van der Waals surface area contributed by atoms with Crippen LogP contribution in [-0.4, -0.2) is 17.8 Å². The Hall–Kier alpha value is -1.43. The average Bonchev–Trinajstić information content (AvgIpc) is 2.05. The Bertz CT molecular complexity index is 249. The fraction of sp³-hybridized carbons (Fsp3) is 0.625. The summed E-state index contributed by atoms with van der Waals surface area (Å²) in [5.74, 6) is -0.988. The molecule has 14 heavy (non-hydrogen) atoms. The van der Waals surface area contributed by atoms with Gasteiger partial charge >= 0.3 is 6.03 Å².